The lowest BCUT2D eigenvalue weighted by Gasteiger charge is -2.11. The fourth-order valence-corrected chi connectivity index (χ4v) is 2.45. The summed E-state index contributed by atoms with van der Waals surface area (Å²) in [7, 11) is 1.68. The van der Waals surface area contributed by atoms with Crippen molar-refractivity contribution in [1.29, 1.82) is 0 Å². The Hall–Kier alpha value is -2.44. The standard InChI is InChI=1S/C18H23F2N3O2/c1-13-11-15(23(2)22-13)18(24)21-12-14-7-6-8-16(17(14)20)25-10-5-3-4-9-19/h6-8,11H,3-5,9-10,12H2,1-2H3,(H,21,24). The zero-order valence-corrected chi connectivity index (χ0v) is 14.5. The second-order valence-corrected chi connectivity index (χ2v) is 5.80. The Bertz CT molecular complexity index is 716. The first-order valence-corrected chi connectivity index (χ1v) is 8.28. The van der Waals surface area contributed by atoms with Crippen LogP contribution >= 0.6 is 0 Å². The molecule has 0 saturated carbocycles. The molecule has 0 aliphatic carbocycles. The third kappa shape index (κ3) is 5.27. The van der Waals surface area contributed by atoms with Crippen LogP contribution in [0.2, 0.25) is 0 Å². The first-order chi connectivity index (χ1) is 12.0. The summed E-state index contributed by atoms with van der Waals surface area (Å²) in [6.07, 6.45) is 1.87. The van der Waals surface area contributed by atoms with E-state index in [1.807, 2.05) is 0 Å². The van der Waals surface area contributed by atoms with Gasteiger partial charge in [-0.05, 0) is 38.3 Å². The molecule has 0 unspecified atom stereocenters. The number of nitrogens with zero attached hydrogens (tertiary/aromatic N) is 2. The lowest BCUT2D eigenvalue weighted by Crippen LogP contribution is -2.25. The number of ether oxygens (including phenoxy) is 1. The van der Waals surface area contributed by atoms with Crippen LogP contribution in [-0.4, -0.2) is 29.0 Å². The molecular formula is C18H23F2N3O2. The Morgan fingerprint density at radius 3 is 2.80 bits per heavy atom. The van der Waals surface area contributed by atoms with Gasteiger partial charge in [-0.2, -0.15) is 5.10 Å². The van der Waals surface area contributed by atoms with Crippen LogP contribution in [0.25, 0.3) is 0 Å². The second-order valence-electron chi connectivity index (χ2n) is 5.80. The monoisotopic (exact) mass is 351 g/mol. The fraction of sp³-hybridized carbons (Fsp3) is 0.444. The number of alkyl halides is 1. The molecule has 5 nitrogen and oxygen atoms in total. The van der Waals surface area contributed by atoms with Gasteiger partial charge in [0.1, 0.15) is 5.69 Å². The van der Waals surface area contributed by atoms with E-state index in [-0.39, 0.29) is 24.9 Å². The van der Waals surface area contributed by atoms with Gasteiger partial charge < -0.3 is 10.1 Å². The van der Waals surface area contributed by atoms with Crippen LogP contribution in [-0.2, 0) is 13.6 Å². The van der Waals surface area contributed by atoms with Crippen molar-refractivity contribution < 1.29 is 18.3 Å². The molecule has 2 rings (SSSR count). The second kappa shape index (κ2) is 9.15. The van der Waals surface area contributed by atoms with E-state index < -0.39 is 5.82 Å². The molecule has 0 aliphatic rings. The highest BCUT2D eigenvalue weighted by Crippen LogP contribution is 2.21. The van der Waals surface area contributed by atoms with Gasteiger partial charge in [0, 0.05) is 19.2 Å². The van der Waals surface area contributed by atoms with Gasteiger partial charge in [-0.3, -0.25) is 13.9 Å². The van der Waals surface area contributed by atoms with E-state index in [4.69, 9.17) is 4.74 Å². The smallest absolute Gasteiger partial charge is 0.269 e. The molecule has 25 heavy (non-hydrogen) atoms. The number of nitrogens with one attached hydrogen (secondary N) is 1. The molecule has 0 radical (unpaired) electrons. The quantitative estimate of drug-likeness (QED) is 0.705. The van der Waals surface area contributed by atoms with Crippen LogP contribution < -0.4 is 10.1 Å². The highest BCUT2D eigenvalue weighted by atomic mass is 19.1. The predicted octanol–water partition coefficient (Wildman–Crippen LogP) is 3.32. The predicted molar refractivity (Wildman–Crippen MR) is 90.8 cm³/mol. The van der Waals surface area contributed by atoms with Crippen molar-refractivity contribution in [3.63, 3.8) is 0 Å². The number of hydrogen-bond acceptors (Lipinski definition) is 3. The average molecular weight is 351 g/mol. The van der Waals surface area contributed by atoms with E-state index >= 15 is 0 Å². The summed E-state index contributed by atoms with van der Waals surface area (Å²) in [5.41, 5.74) is 1.49. The molecule has 1 N–H and O–H groups in total. The molecule has 0 saturated heterocycles. The molecule has 0 fully saturated rings. The molecule has 1 aromatic carbocycles. The van der Waals surface area contributed by atoms with Gasteiger partial charge in [0.15, 0.2) is 11.6 Å². The van der Waals surface area contributed by atoms with Crippen LogP contribution in [0, 0.1) is 12.7 Å². The maximum atomic E-state index is 14.4. The van der Waals surface area contributed by atoms with Crippen LogP contribution in [0.4, 0.5) is 8.78 Å². The normalized spacial score (nSPS) is 10.7. The van der Waals surface area contributed by atoms with Gasteiger partial charge in [0.2, 0.25) is 0 Å². The fourth-order valence-electron chi connectivity index (χ4n) is 2.45. The van der Waals surface area contributed by atoms with Gasteiger partial charge in [0.25, 0.3) is 5.91 Å². The lowest BCUT2D eigenvalue weighted by atomic mass is 10.2. The lowest BCUT2D eigenvalue weighted by molar-refractivity contribution is 0.0941. The molecule has 136 valence electrons. The topological polar surface area (TPSA) is 56.1 Å². The third-order valence-corrected chi connectivity index (χ3v) is 3.75. The number of halogens is 2. The minimum absolute atomic E-state index is 0.0495. The SMILES string of the molecule is Cc1cc(C(=O)NCc2cccc(OCCCCCF)c2F)n(C)n1. The summed E-state index contributed by atoms with van der Waals surface area (Å²) >= 11 is 0. The molecule has 0 bridgehead atoms. The number of rotatable bonds is 9. The largest absolute Gasteiger partial charge is 0.491 e. The molecule has 1 heterocycles. The Kier molecular flexibility index (Phi) is 6.91. The summed E-state index contributed by atoms with van der Waals surface area (Å²) < 4.78 is 33.3. The van der Waals surface area contributed by atoms with Crippen LogP contribution in [0.3, 0.4) is 0 Å². The molecular weight excluding hydrogens is 328 g/mol. The molecule has 1 amide bonds. The third-order valence-electron chi connectivity index (χ3n) is 3.75. The minimum Gasteiger partial charge on any atom is -0.491 e. The number of benzene rings is 1. The summed E-state index contributed by atoms with van der Waals surface area (Å²) in [4.78, 5) is 12.2. The zero-order valence-electron chi connectivity index (χ0n) is 14.5. The minimum atomic E-state index is -0.491. The van der Waals surface area contributed by atoms with E-state index in [2.05, 4.69) is 10.4 Å². The van der Waals surface area contributed by atoms with E-state index in [0.717, 1.165) is 5.69 Å². The maximum absolute atomic E-state index is 14.4. The number of unbranched alkanes of at least 4 members (excludes halogenated alkanes) is 2. The number of hydrogen-bond donors (Lipinski definition) is 1. The number of carbonyl (C=O) groups is 1. The van der Waals surface area contributed by atoms with E-state index in [0.29, 0.717) is 37.1 Å². The van der Waals surface area contributed by atoms with Crippen LogP contribution in [0.15, 0.2) is 24.3 Å². The summed E-state index contributed by atoms with van der Waals surface area (Å²) in [6, 6.07) is 6.48. The average Bonchev–Trinajstić information content (AvgIpc) is 2.93. The Morgan fingerprint density at radius 1 is 1.32 bits per heavy atom. The van der Waals surface area contributed by atoms with Crippen molar-refractivity contribution in [2.45, 2.75) is 32.7 Å². The van der Waals surface area contributed by atoms with Crippen molar-refractivity contribution in [2.24, 2.45) is 7.05 Å². The summed E-state index contributed by atoms with van der Waals surface area (Å²) in [5.74, 6) is -0.669. The van der Waals surface area contributed by atoms with Crippen LogP contribution in [0.1, 0.15) is 41.0 Å². The van der Waals surface area contributed by atoms with Gasteiger partial charge >= 0.3 is 0 Å². The van der Waals surface area contributed by atoms with Gasteiger partial charge in [-0.1, -0.05) is 12.1 Å². The molecule has 0 spiro atoms. The zero-order chi connectivity index (χ0) is 18.2. The maximum Gasteiger partial charge on any atom is 0.269 e. The molecule has 7 heteroatoms. The van der Waals surface area contributed by atoms with Crippen molar-refractivity contribution >= 4 is 5.91 Å². The van der Waals surface area contributed by atoms with Gasteiger partial charge in [-0.15, -0.1) is 0 Å². The van der Waals surface area contributed by atoms with Crippen molar-refractivity contribution in [3.05, 3.63) is 47.0 Å². The molecule has 2 aromatic rings. The molecule has 0 atom stereocenters. The Balaban J connectivity index is 1.92. The van der Waals surface area contributed by atoms with Crippen LogP contribution in [0.5, 0.6) is 5.75 Å². The number of aryl methyl sites for hydroxylation is 2. The van der Waals surface area contributed by atoms with Crippen molar-refractivity contribution in [1.82, 2.24) is 15.1 Å². The van der Waals surface area contributed by atoms with E-state index in [1.54, 1.807) is 38.2 Å². The highest BCUT2D eigenvalue weighted by molar-refractivity contribution is 5.92. The number of amides is 1. The van der Waals surface area contributed by atoms with E-state index in [9.17, 15) is 13.6 Å². The molecule has 0 aliphatic heterocycles. The highest BCUT2D eigenvalue weighted by Gasteiger charge is 2.14. The van der Waals surface area contributed by atoms with E-state index in [1.165, 1.54) is 4.68 Å². The summed E-state index contributed by atoms with van der Waals surface area (Å²) in [5, 5.41) is 6.80. The molecule has 1 aromatic heterocycles. The van der Waals surface area contributed by atoms with Gasteiger partial charge in [-0.25, -0.2) is 4.39 Å². The van der Waals surface area contributed by atoms with Crippen molar-refractivity contribution in [2.75, 3.05) is 13.3 Å². The van der Waals surface area contributed by atoms with Gasteiger partial charge in [0.05, 0.1) is 19.0 Å². The Morgan fingerprint density at radius 2 is 2.12 bits per heavy atom. The Labute approximate surface area is 146 Å². The number of carbonyl (C=O) groups excluding carboxylic acids is 1. The number of aromatic nitrogens is 2. The first kappa shape index (κ1) is 18.9. The summed E-state index contributed by atoms with van der Waals surface area (Å²) in [6.45, 7) is 1.83. The first-order valence-electron chi connectivity index (χ1n) is 8.28. The van der Waals surface area contributed by atoms with Crippen molar-refractivity contribution in [3.8, 4) is 5.75 Å².